The number of carbonyl (C=O) groups is 1. The number of thiazole rings is 1. The van der Waals surface area contributed by atoms with Crippen LogP contribution in [0, 0.1) is 18.6 Å². The Morgan fingerprint density at radius 2 is 2.00 bits per heavy atom. The first-order chi connectivity index (χ1) is 11.5. The van der Waals surface area contributed by atoms with E-state index in [1.807, 2.05) is 24.4 Å². The third-order valence-corrected chi connectivity index (χ3v) is 4.24. The first-order valence-corrected chi connectivity index (χ1v) is 8.16. The number of hydrogen-bond donors (Lipinski definition) is 1. The molecule has 24 heavy (non-hydrogen) atoms. The van der Waals surface area contributed by atoms with E-state index >= 15 is 0 Å². The Bertz CT molecular complexity index is 892. The second-order valence-electron chi connectivity index (χ2n) is 5.26. The molecule has 2 aromatic carbocycles. The molecule has 3 aromatic rings. The quantitative estimate of drug-likeness (QED) is 0.753. The average molecular weight is 344 g/mol. The van der Waals surface area contributed by atoms with E-state index in [0.29, 0.717) is 5.69 Å². The third-order valence-electron chi connectivity index (χ3n) is 3.46. The highest BCUT2D eigenvalue weighted by Gasteiger charge is 2.13. The molecule has 0 unspecified atom stereocenters. The van der Waals surface area contributed by atoms with E-state index in [1.165, 1.54) is 17.4 Å². The summed E-state index contributed by atoms with van der Waals surface area (Å²) < 4.78 is 26.6. The van der Waals surface area contributed by atoms with Crippen molar-refractivity contribution in [3.05, 3.63) is 70.1 Å². The first kappa shape index (κ1) is 16.3. The van der Waals surface area contributed by atoms with E-state index in [-0.39, 0.29) is 17.9 Å². The topological polar surface area (TPSA) is 42.0 Å². The van der Waals surface area contributed by atoms with Gasteiger partial charge in [0, 0.05) is 17.0 Å². The fourth-order valence-corrected chi connectivity index (χ4v) is 2.95. The molecule has 0 saturated heterocycles. The van der Waals surface area contributed by atoms with Crippen LogP contribution >= 0.6 is 11.3 Å². The van der Waals surface area contributed by atoms with Crippen LogP contribution in [0.25, 0.3) is 11.3 Å². The van der Waals surface area contributed by atoms with Crippen LogP contribution in [0.3, 0.4) is 0 Å². The molecular formula is C18H14F2N2OS. The van der Waals surface area contributed by atoms with E-state index in [0.717, 1.165) is 28.4 Å². The number of aromatic nitrogens is 1. The fraction of sp³-hybridized carbons (Fsp3) is 0.111. The van der Waals surface area contributed by atoms with Crippen LogP contribution < -0.4 is 5.32 Å². The van der Waals surface area contributed by atoms with Gasteiger partial charge < -0.3 is 5.32 Å². The number of hydrogen-bond acceptors (Lipinski definition) is 3. The zero-order chi connectivity index (χ0) is 17.1. The molecule has 0 saturated carbocycles. The SMILES string of the molecule is Cc1nc(-c2ccccc2NC(=O)Cc2ccc(F)cc2F)cs1. The van der Waals surface area contributed by atoms with Crippen LogP contribution in [-0.4, -0.2) is 10.9 Å². The number of amides is 1. The van der Waals surface area contributed by atoms with E-state index in [2.05, 4.69) is 10.3 Å². The van der Waals surface area contributed by atoms with Crippen molar-refractivity contribution in [3.8, 4) is 11.3 Å². The van der Waals surface area contributed by atoms with Crippen molar-refractivity contribution in [2.75, 3.05) is 5.32 Å². The monoisotopic (exact) mass is 344 g/mol. The number of nitrogens with zero attached hydrogens (tertiary/aromatic N) is 1. The Labute approximate surface area is 142 Å². The van der Waals surface area contributed by atoms with E-state index in [4.69, 9.17) is 0 Å². The maximum atomic E-state index is 13.7. The molecule has 1 aromatic heterocycles. The zero-order valence-corrected chi connectivity index (χ0v) is 13.7. The number of halogens is 2. The van der Waals surface area contributed by atoms with Crippen molar-refractivity contribution >= 4 is 22.9 Å². The predicted molar refractivity (Wildman–Crippen MR) is 91.0 cm³/mol. The van der Waals surface area contributed by atoms with Crippen molar-refractivity contribution in [2.45, 2.75) is 13.3 Å². The summed E-state index contributed by atoms with van der Waals surface area (Å²) in [7, 11) is 0. The normalized spacial score (nSPS) is 10.6. The fourth-order valence-electron chi connectivity index (χ4n) is 2.34. The van der Waals surface area contributed by atoms with Gasteiger partial charge in [-0.1, -0.05) is 24.3 Å². The molecule has 0 atom stereocenters. The summed E-state index contributed by atoms with van der Waals surface area (Å²) in [6.07, 6.45) is -0.170. The smallest absolute Gasteiger partial charge is 0.228 e. The second-order valence-corrected chi connectivity index (χ2v) is 6.32. The Hall–Kier alpha value is -2.60. The number of carbonyl (C=O) groups excluding carboxylic acids is 1. The summed E-state index contributed by atoms with van der Waals surface area (Å²) in [4.78, 5) is 16.6. The number of rotatable bonds is 4. The van der Waals surface area contributed by atoms with Gasteiger partial charge in [-0.25, -0.2) is 13.8 Å². The van der Waals surface area contributed by atoms with E-state index < -0.39 is 11.6 Å². The lowest BCUT2D eigenvalue weighted by molar-refractivity contribution is -0.115. The van der Waals surface area contributed by atoms with Gasteiger partial charge in [0.1, 0.15) is 11.6 Å². The molecule has 6 heteroatoms. The van der Waals surface area contributed by atoms with Gasteiger partial charge in [0.05, 0.1) is 22.8 Å². The van der Waals surface area contributed by atoms with Crippen LogP contribution in [-0.2, 0) is 11.2 Å². The average Bonchev–Trinajstić information content (AvgIpc) is 2.97. The molecule has 0 aliphatic carbocycles. The lowest BCUT2D eigenvalue weighted by Gasteiger charge is -2.10. The molecule has 1 N–H and O–H groups in total. The van der Waals surface area contributed by atoms with Crippen LogP contribution in [0.2, 0.25) is 0 Å². The van der Waals surface area contributed by atoms with E-state index in [1.54, 1.807) is 12.1 Å². The Kier molecular flexibility index (Phi) is 4.66. The number of para-hydroxylation sites is 1. The summed E-state index contributed by atoms with van der Waals surface area (Å²) in [5.41, 5.74) is 2.34. The largest absolute Gasteiger partial charge is 0.325 e. The molecule has 0 aliphatic rings. The van der Waals surface area contributed by atoms with Crippen molar-refractivity contribution in [1.82, 2.24) is 4.98 Å². The molecule has 1 heterocycles. The van der Waals surface area contributed by atoms with Gasteiger partial charge in [-0.3, -0.25) is 4.79 Å². The van der Waals surface area contributed by atoms with E-state index in [9.17, 15) is 13.6 Å². The molecule has 3 rings (SSSR count). The summed E-state index contributed by atoms with van der Waals surface area (Å²) in [6.45, 7) is 1.91. The van der Waals surface area contributed by atoms with Gasteiger partial charge in [0.25, 0.3) is 0 Å². The minimum atomic E-state index is -0.728. The Balaban J connectivity index is 1.80. The number of anilines is 1. The van der Waals surface area contributed by atoms with Gasteiger partial charge in [-0.15, -0.1) is 11.3 Å². The highest BCUT2D eigenvalue weighted by atomic mass is 32.1. The minimum absolute atomic E-state index is 0.149. The summed E-state index contributed by atoms with van der Waals surface area (Å²) >= 11 is 1.52. The molecular weight excluding hydrogens is 330 g/mol. The van der Waals surface area contributed by atoms with Gasteiger partial charge >= 0.3 is 0 Å². The molecule has 3 nitrogen and oxygen atoms in total. The maximum Gasteiger partial charge on any atom is 0.228 e. The maximum absolute atomic E-state index is 13.7. The van der Waals surface area contributed by atoms with Gasteiger partial charge in [-0.05, 0) is 24.6 Å². The molecule has 122 valence electrons. The standard InChI is InChI=1S/C18H14F2N2OS/c1-11-21-17(10-24-11)14-4-2-3-5-16(14)22-18(23)8-12-6-7-13(19)9-15(12)20/h2-7,9-10H,8H2,1H3,(H,22,23). The number of benzene rings is 2. The first-order valence-electron chi connectivity index (χ1n) is 7.28. The minimum Gasteiger partial charge on any atom is -0.325 e. The number of nitrogens with one attached hydrogen (secondary N) is 1. The van der Waals surface area contributed by atoms with Crippen molar-refractivity contribution in [1.29, 1.82) is 0 Å². The summed E-state index contributed by atoms with van der Waals surface area (Å²) in [5, 5.41) is 5.62. The lowest BCUT2D eigenvalue weighted by Crippen LogP contribution is -2.16. The third kappa shape index (κ3) is 3.65. The van der Waals surface area contributed by atoms with Gasteiger partial charge in [0.15, 0.2) is 0 Å². The highest BCUT2D eigenvalue weighted by molar-refractivity contribution is 7.09. The summed E-state index contributed by atoms with van der Waals surface area (Å²) in [6, 6.07) is 10.5. The predicted octanol–water partition coefficient (Wildman–Crippen LogP) is 4.58. The summed E-state index contributed by atoms with van der Waals surface area (Å²) in [5.74, 6) is -1.77. The Morgan fingerprint density at radius 3 is 2.71 bits per heavy atom. The molecule has 0 bridgehead atoms. The molecule has 1 amide bonds. The van der Waals surface area contributed by atoms with Crippen molar-refractivity contribution in [2.24, 2.45) is 0 Å². The van der Waals surface area contributed by atoms with Gasteiger partial charge in [-0.2, -0.15) is 0 Å². The lowest BCUT2D eigenvalue weighted by atomic mass is 10.1. The van der Waals surface area contributed by atoms with Crippen molar-refractivity contribution < 1.29 is 13.6 Å². The number of aryl methyl sites for hydroxylation is 1. The van der Waals surface area contributed by atoms with Crippen LogP contribution in [0.15, 0.2) is 47.8 Å². The van der Waals surface area contributed by atoms with Crippen LogP contribution in [0.5, 0.6) is 0 Å². The molecule has 0 radical (unpaired) electrons. The van der Waals surface area contributed by atoms with Crippen LogP contribution in [0.4, 0.5) is 14.5 Å². The highest BCUT2D eigenvalue weighted by Crippen LogP contribution is 2.28. The Morgan fingerprint density at radius 1 is 1.21 bits per heavy atom. The molecule has 0 aliphatic heterocycles. The molecule has 0 fully saturated rings. The van der Waals surface area contributed by atoms with Crippen LogP contribution in [0.1, 0.15) is 10.6 Å². The van der Waals surface area contributed by atoms with Gasteiger partial charge in [0.2, 0.25) is 5.91 Å². The molecule has 0 spiro atoms. The second kappa shape index (κ2) is 6.88. The zero-order valence-electron chi connectivity index (χ0n) is 12.8. The van der Waals surface area contributed by atoms with Crippen molar-refractivity contribution in [3.63, 3.8) is 0 Å².